The Bertz CT molecular complexity index is 383. The van der Waals surface area contributed by atoms with Gasteiger partial charge in [-0.2, -0.15) is 4.39 Å². The summed E-state index contributed by atoms with van der Waals surface area (Å²) in [6.07, 6.45) is 3.46. The third-order valence-electron chi connectivity index (χ3n) is 2.05. The number of rotatable bonds is 3. The Balaban J connectivity index is 2.24. The molecule has 0 amide bonds. The van der Waals surface area contributed by atoms with Crippen molar-refractivity contribution in [3.8, 4) is 11.5 Å². The minimum Gasteiger partial charge on any atom is -0.484 e. The maximum atomic E-state index is 13.5. The molecule has 1 fully saturated rings. The molecule has 0 spiro atoms. The minimum atomic E-state index is -0.603. The molecule has 1 heterocycles. The average Bonchev–Trinajstić information content (AvgIpc) is 2.92. The number of nitrogens with zero attached hydrogens (tertiary/aromatic N) is 1. The Morgan fingerprint density at radius 2 is 2.06 bits per heavy atom. The van der Waals surface area contributed by atoms with E-state index in [-0.39, 0.29) is 17.5 Å². The first kappa shape index (κ1) is 11.2. The molecule has 1 aliphatic rings. The van der Waals surface area contributed by atoms with E-state index in [9.17, 15) is 4.39 Å². The van der Waals surface area contributed by atoms with E-state index in [1.165, 1.54) is 6.20 Å². The fraction of sp³-hybridized carbons (Fsp3) is 0.583. The van der Waals surface area contributed by atoms with Crippen LogP contribution >= 0.6 is 0 Å². The van der Waals surface area contributed by atoms with Crippen molar-refractivity contribution < 1.29 is 13.9 Å². The van der Waals surface area contributed by atoms with Gasteiger partial charge in [-0.3, -0.25) is 0 Å². The molecule has 4 heteroatoms. The molecule has 1 saturated carbocycles. The summed E-state index contributed by atoms with van der Waals surface area (Å²) < 4.78 is 24.6. The van der Waals surface area contributed by atoms with Crippen LogP contribution in [0, 0.1) is 5.95 Å². The summed E-state index contributed by atoms with van der Waals surface area (Å²) in [5, 5.41) is 0. The highest BCUT2D eigenvalue weighted by molar-refractivity contribution is 5.38. The van der Waals surface area contributed by atoms with Crippen molar-refractivity contribution in [2.45, 2.75) is 45.3 Å². The zero-order valence-electron chi connectivity index (χ0n) is 9.79. The van der Waals surface area contributed by atoms with Crippen LogP contribution < -0.4 is 9.47 Å². The SMILES string of the molecule is CC(C)(C)Oc1ccnc(F)c1OC1CC1. The third kappa shape index (κ3) is 2.84. The second-order valence-corrected chi connectivity index (χ2v) is 4.96. The summed E-state index contributed by atoms with van der Waals surface area (Å²) in [4.78, 5) is 3.58. The highest BCUT2D eigenvalue weighted by Gasteiger charge is 2.28. The lowest BCUT2D eigenvalue weighted by atomic mass is 10.2. The van der Waals surface area contributed by atoms with Crippen LogP contribution in [0.1, 0.15) is 33.6 Å². The smallest absolute Gasteiger partial charge is 0.259 e. The van der Waals surface area contributed by atoms with Crippen molar-refractivity contribution in [1.82, 2.24) is 4.98 Å². The second kappa shape index (κ2) is 3.92. The Morgan fingerprint density at radius 3 is 2.62 bits per heavy atom. The number of hydrogen-bond acceptors (Lipinski definition) is 3. The van der Waals surface area contributed by atoms with E-state index in [4.69, 9.17) is 9.47 Å². The van der Waals surface area contributed by atoms with E-state index in [0.29, 0.717) is 5.75 Å². The quantitative estimate of drug-likeness (QED) is 0.741. The molecule has 0 N–H and O–H groups in total. The Morgan fingerprint density at radius 1 is 1.38 bits per heavy atom. The summed E-state index contributed by atoms with van der Waals surface area (Å²) in [5.41, 5.74) is -0.380. The predicted octanol–water partition coefficient (Wildman–Crippen LogP) is 2.94. The van der Waals surface area contributed by atoms with Gasteiger partial charge >= 0.3 is 0 Å². The molecule has 3 nitrogen and oxygen atoms in total. The molecule has 0 bridgehead atoms. The Kier molecular flexibility index (Phi) is 2.74. The molecule has 2 rings (SSSR count). The molecular weight excluding hydrogens is 209 g/mol. The molecular formula is C12H16FNO2. The highest BCUT2D eigenvalue weighted by Crippen LogP contribution is 2.36. The lowest BCUT2D eigenvalue weighted by molar-refractivity contribution is 0.120. The molecule has 1 aromatic heterocycles. The van der Waals surface area contributed by atoms with Crippen LogP contribution in [0.4, 0.5) is 4.39 Å². The van der Waals surface area contributed by atoms with Gasteiger partial charge in [-0.1, -0.05) is 0 Å². The summed E-state index contributed by atoms with van der Waals surface area (Å²) in [6, 6.07) is 1.63. The first-order valence-corrected chi connectivity index (χ1v) is 5.46. The van der Waals surface area contributed by atoms with Crippen LogP contribution in [0.2, 0.25) is 0 Å². The first-order valence-electron chi connectivity index (χ1n) is 5.46. The lowest BCUT2D eigenvalue weighted by Gasteiger charge is -2.22. The summed E-state index contributed by atoms with van der Waals surface area (Å²) in [6.45, 7) is 5.73. The van der Waals surface area contributed by atoms with Gasteiger partial charge in [0.15, 0.2) is 5.75 Å². The maximum absolute atomic E-state index is 13.5. The van der Waals surface area contributed by atoms with Gasteiger partial charge in [0.1, 0.15) is 5.60 Å². The van der Waals surface area contributed by atoms with Gasteiger partial charge in [-0.25, -0.2) is 4.98 Å². The number of pyridine rings is 1. The Labute approximate surface area is 94.6 Å². The fourth-order valence-electron chi connectivity index (χ4n) is 1.28. The molecule has 0 aromatic carbocycles. The van der Waals surface area contributed by atoms with E-state index in [1.807, 2.05) is 20.8 Å². The van der Waals surface area contributed by atoms with E-state index < -0.39 is 5.95 Å². The van der Waals surface area contributed by atoms with Gasteiger partial charge in [0.05, 0.1) is 6.10 Å². The number of aromatic nitrogens is 1. The van der Waals surface area contributed by atoms with Crippen LogP contribution in [0.15, 0.2) is 12.3 Å². The normalized spacial score (nSPS) is 16.0. The van der Waals surface area contributed by atoms with Crippen LogP contribution in [-0.4, -0.2) is 16.7 Å². The van der Waals surface area contributed by atoms with Crippen molar-refractivity contribution in [3.05, 3.63) is 18.2 Å². The number of ether oxygens (including phenoxy) is 2. The lowest BCUT2D eigenvalue weighted by Crippen LogP contribution is -2.23. The molecule has 0 aliphatic heterocycles. The molecule has 1 aromatic rings. The topological polar surface area (TPSA) is 31.4 Å². The summed E-state index contributed by atoms with van der Waals surface area (Å²) in [5.74, 6) is -0.0412. The van der Waals surface area contributed by atoms with Crippen molar-refractivity contribution >= 4 is 0 Å². The van der Waals surface area contributed by atoms with E-state index in [2.05, 4.69) is 4.98 Å². The largest absolute Gasteiger partial charge is 0.484 e. The summed E-state index contributed by atoms with van der Waals surface area (Å²) >= 11 is 0. The van der Waals surface area contributed by atoms with Gasteiger partial charge in [0, 0.05) is 12.3 Å². The zero-order chi connectivity index (χ0) is 11.8. The molecule has 1 aliphatic carbocycles. The second-order valence-electron chi connectivity index (χ2n) is 4.96. The van der Waals surface area contributed by atoms with E-state index in [0.717, 1.165) is 12.8 Å². The van der Waals surface area contributed by atoms with Crippen LogP contribution in [-0.2, 0) is 0 Å². The molecule has 88 valence electrons. The van der Waals surface area contributed by atoms with Gasteiger partial charge < -0.3 is 9.47 Å². The van der Waals surface area contributed by atoms with Gasteiger partial charge in [0.2, 0.25) is 5.75 Å². The van der Waals surface area contributed by atoms with Crippen molar-refractivity contribution in [2.75, 3.05) is 0 Å². The van der Waals surface area contributed by atoms with Crippen LogP contribution in [0.5, 0.6) is 11.5 Å². The van der Waals surface area contributed by atoms with Crippen molar-refractivity contribution in [3.63, 3.8) is 0 Å². The minimum absolute atomic E-state index is 0.126. The van der Waals surface area contributed by atoms with Crippen LogP contribution in [0.25, 0.3) is 0 Å². The van der Waals surface area contributed by atoms with Gasteiger partial charge in [0.25, 0.3) is 5.95 Å². The van der Waals surface area contributed by atoms with Gasteiger partial charge in [-0.05, 0) is 33.6 Å². The molecule has 0 atom stereocenters. The highest BCUT2D eigenvalue weighted by atomic mass is 19.1. The number of halogens is 1. The van der Waals surface area contributed by atoms with E-state index in [1.54, 1.807) is 6.07 Å². The zero-order valence-corrected chi connectivity index (χ0v) is 9.79. The van der Waals surface area contributed by atoms with Gasteiger partial charge in [-0.15, -0.1) is 0 Å². The molecule has 0 radical (unpaired) electrons. The molecule has 0 unspecified atom stereocenters. The van der Waals surface area contributed by atoms with Crippen molar-refractivity contribution in [2.24, 2.45) is 0 Å². The molecule has 16 heavy (non-hydrogen) atoms. The summed E-state index contributed by atoms with van der Waals surface area (Å²) in [7, 11) is 0. The van der Waals surface area contributed by atoms with Crippen molar-refractivity contribution in [1.29, 1.82) is 0 Å². The Hall–Kier alpha value is -1.32. The average molecular weight is 225 g/mol. The molecule has 0 saturated heterocycles. The number of hydrogen-bond donors (Lipinski definition) is 0. The standard InChI is InChI=1S/C12H16FNO2/c1-12(2,3)16-9-6-7-14-11(13)10(9)15-8-4-5-8/h6-8H,4-5H2,1-3H3. The monoisotopic (exact) mass is 225 g/mol. The fourth-order valence-corrected chi connectivity index (χ4v) is 1.28. The first-order chi connectivity index (χ1) is 7.46. The third-order valence-corrected chi connectivity index (χ3v) is 2.05. The van der Waals surface area contributed by atoms with E-state index >= 15 is 0 Å². The van der Waals surface area contributed by atoms with Crippen LogP contribution in [0.3, 0.4) is 0 Å². The predicted molar refractivity (Wildman–Crippen MR) is 58.2 cm³/mol. The maximum Gasteiger partial charge on any atom is 0.259 e.